The first kappa shape index (κ1) is 9.53. The standard InChI is InChI=1S/C10H13N3/c1-5-6-9-7(2)12-10(11-4)13-8(9)3/h1-4H3,(H,11,12,13). The van der Waals surface area contributed by atoms with Crippen molar-refractivity contribution >= 4 is 5.95 Å². The van der Waals surface area contributed by atoms with Gasteiger partial charge in [0.05, 0.1) is 17.0 Å². The van der Waals surface area contributed by atoms with E-state index in [9.17, 15) is 0 Å². The lowest BCUT2D eigenvalue weighted by atomic mass is 10.2. The third-order valence-corrected chi connectivity index (χ3v) is 1.74. The zero-order chi connectivity index (χ0) is 9.84. The Morgan fingerprint density at radius 1 is 1.15 bits per heavy atom. The molecule has 0 radical (unpaired) electrons. The van der Waals surface area contributed by atoms with Crippen molar-refractivity contribution in [2.75, 3.05) is 12.4 Å². The Morgan fingerprint density at radius 3 is 2.08 bits per heavy atom. The highest BCUT2D eigenvalue weighted by molar-refractivity contribution is 5.43. The van der Waals surface area contributed by atoms with Gasteiger partial charge in [-0.05, 0) is 20.8 Å². The molecule has 0 saturated carbocycles. The summed E-state index contributed by atoms with van der Waals surface area (Å²) in [5.74, 6) is 6.50. The second-order valence-electron chi connectivity index (χ2n) is 2.72. The molecule has 68 valence electrons. The molecule has 0 aliphatic heterocycles. The Labute approximate surface area is 78.6 Å². The van der Waals surface area contributed by atoms with Crippen LogP contribution in [0.5, 0.6) is 0 Å². The number of hydrogen-bond acceptors (Lipinski definition) is 3. The molecule has 0 unspecified atom stereocenters. The van der Waals surface area contributed by atoms with Gasteiger partial charge in [0, 0.05) is 7.05 Å². The van der Waals surface area contributed by atoms with Gasteiger partial charge in [-0.1, -0.05) is 5.92 Å². The summed E-state index contributed by atoms with van der Waals surface area (Å²) in [5, 5.41) is 2.91. The fourth-order valence-electron chi connectivity index (χ4n) is 1.13. The van der Waals surface area contributed by atoms with E-state index < -0.39 is 0 Å². The fourth-order valence-corrected chi connectivity index (χ4v) is 1.13. The smallest absolute Gasteiger partial charge is 0.222 e. The van der Waals surface area contributed by atoms with E-state index in [1.54, 1.807) is 7.05 Å². The van der Waals surface area contributed by atoms with Crippen LogP contribution in [0, 0.1) is 25.7 Å². The van der Waals surface area contributed by atoms with Gasteiger partial charge >= 0.3 is 0 Å². The van der Waals surface area contributed by atoms with Crippen LogP contribution < -0.4 is 5.32 Å². The van der Waals surface area contributed by atoms with E-state index in [1.807, 2.05) is 20.8 Å². The summed E-state index contributed by atoms with van der Waals surface area (Å²) in [4.78, 5) is 8.49. The molecule has 3 heteroatoms. The Hall–Kier alpha value is -1.56. The Bertz CT molecular complexity index is 348. The van der Waals surface area contributed by atoms with Crippen molar-refractivity contribution in [3.05, 3.63) is 17.0 Å². The number of nitrogens with one attached hydrogen (secondary N) is 1. The molecule has 0 aromatic carbocycles. The molecule has 1 heterocycles. The summed E-state index contributed by atoms with van der Waals surface area (Å²) in [6.45, 7) is 5.69. The zero-order valence-corrected chi connectivity index (χ0v) is 8.39. The maximum atomic E-state index is 4.25. The summed E-state index contributed by atoms with van der Waals surface area (Å²) >= 11 is 0. The van der Waals surface area contributed by atoms with Crippen LogP contribution in [0.2, 0.25) is 0 Å². The van der Waals surface area contributed by atoms with Crippen LogP contribution in [0.15, 0.2) is 0 Å². The summed E-state index contributed by atoms with van der Waals surface area (Å²) < 4.78 is 0. The number of nitrogens with zero attached hydrogens (tertiary/aromatic N) is 2. The van der Waals surface area contributed by atoms with Gasteiger partial charge in [-0.15, -0.1) is 5.92 Å². The third-order valence-electron chi connectivity index (χ3n) is 1.74. The van der Waals surface area contributed by atoms with E-state index in [4.69, 9.17) is 0 Å². The Balaban J connectivity index is 3.28. The van der Waals surface area contributed by atoms with Gasteiger partial charge in [-0.2, -0.15) is 0 Å². The molecular weight excluding hydrogens is 162 g/mol. The van der Waals surface area contributed by atoms with Crippen LogP contribution in [0.4, 0.5) is 5.95 Å². The predicted molar refractivity (Wildman–Crippen MR) is 53.6 cm³/mol. The van der Waals surface area contributed by atoms with E-state index in [1.165, 1.54) is 0 Å². The molecule has 1 N–H and O–H groups in total. The van der Waals surface area contributed by atoms with Crippen LogP contribution in [0.1, 0.15) is 23.9 Å². The molecule has 1 aromatic rings. The molecule has 1 aromatic heterocycles. The lowest BCUT2D eigenvalue weighted by molar-refractivity contribution is 1.04. The van der Waals surface area contributed by atoms with Crippen LogP contribution in [0.25, 0.3) is 0 Å². The first-order chi connectivity index (χ1) is 6.19. The first-order valence-corrected chi connectivity index (χ1v) is 4.14. The van der Waals surface area contributed by atoms with Crippen molar-refractivity contribution in [3.8, 4) is 11.8 Å². The minimum Gasteiger partial charge on any atom is -0.357 e. The second-order valence-corrected chi connectivity index (χ2v) is 2.72. The van der Waals surface area contributed by atoms with Crippen LogP contribution >= 0.6 is 0 Å². The summed E-state index contributed by atoms with van der Waals surface area (Å²) in [6.07, 6.45) is 0. The summed E-state index contributed by atoms with van der Waals surface area (Å²) in [7, 11) is 1.80. The van der Waals surface area contributed by atoms with Crippen molar-refractivity contribution in [2.45, 2.75) is 20.8 Å². The van der Waals surface area contributed by atoms with Gasteiger partial charge in [0.15, 0.2) is 0 Å². The quantitative estimate of drug-likeness (QED) is 0.657. The highest BCUT2D eigenvalue weighted by Crippen LogP contribution is 2.10. The van der Waals surface area contributed by atoms with Crippen LogP contribution in [-0.2, 0) is 0 Å². The van der Waals surface area contributed by atoms with E-state index in [-0.39, 0.29) is 0 Å². The second kappa shape index (κ2) is 3.90. The van der Waals surface area contributed by atoms with Crippen LogP contribution in [0.3, 0.4) is 0 Å². The van der Waals surface area contributed by atoms with Gasteiger partial charge in [0.25, 0.3) is 0 Å². The Morgan fingerprint density at radius 2 is 1.69 bits per heavy atom. The number of aryl methyl sites for hydroxylation is 2. The molecule has 0 atom stereocenters. The predicted octanol–water partition coefficient (Wildman–Crippen LogP) is 1.51. The maximum Gasteiger partial charge on any atom is 0.222 e. The van der Waals surface area contributed by atoms with Crippen molar-refractivity contribution in [1.82, 2.24) is 9.97 Å². The van der Waals surface area contributed by atoms with Gasteiger partial charge < -0.3 is 5.32 Å². The highest BCUT2D eigenvalue weighted by Gasteiger charge is 2.04. The largest absolute Gasteiger partial charge is 0.357 e. The molecule has 0 fully saturated rings. The molecule has 13 heavy (non-hydrogen) atoms. The van der Waals surface area contributed by atoms with E-state index in [0.717, 1.165) is 17.0 Å². The Kier molecular flexibility index (Phi) is 2.86. The van der Waals surface area contributed by atoms with Gasteiger partial charge in [0.2, 0.25) is 5.95 Å². The van der Waals surface area contributed by atoms with Crippen molar-refractivity contribution in [1.29, 1.82) is 0 Å². The van der Waals surface area contributed by atoms with Crippen molar-refractivity contribution < 1.29 is 0 Å². The van der Waals surface area contributed by atoms with Gasteiger partial charge in [-0.25, -0.2) is 9.97 Å². The molecular formula is C10H13N3. The molecule has 0 aliphatic rings. The van der Waals surface area contributed by atoms with Crippen molar-refractivity contribution in [3.63, 3.8) is 0 Å². The normalized spacial score (nSPS) is 8.92. The minimum absolute atomic E-state index is 0.650. The van der Waals surface area contributed by atoms with Crippen molar-refractivity contribution in [2.24, 2.45) is 0 Å². The molecule has 0 amide bonds. The molecule has 0 aliphatic carbocycles. The minimum atomic E-state index is 0.650. The highest BCUT2D eigenvalue weighted by atomic mass is 15.1. The average Bonchev–Trinajstić information content (AvgIpc) is 2.11. The van der Waals surface area contributed by atoms with Gasteiger partial charge in [0.1, 0.15) is 0 Å². The first-order valence-electron chi connectivity index (χ1n) is 4.14. The summed E-state index contributed by atoms with van der Waals surface area (Å²) in [5.41, 5.74) is 2.78. The molecule has 0 bridgehead atoms. The van der Waals surface area contributed by atoms with E-state index in [0.29, 0.717) is 5.95 Å². The topological polar surface area (TPSA) is 37.8 Å². The molecule has 3 nitrogen and oxygen atoms in total. The molecule has 1 rings (SSSR count). The lowest BCUT2D eigenvalue weighted by Gasteiger charge is -2.04. The molecule has 0 spiro atoms. The third kappa shape index (κ3) is 1.97. The lowest BCUT2D eigenvalue weighted by Crippen LogP contribution is -2.02. The van der Waals surface area contributed by atoms with Gasteiger partial charge in [-0.3, -0.25) is 0 Å². The monoisotopic (exact) mass is 175 g/mol. The fraction of sp³-hybridized carbons (Fsp3) is 0.400. The number of aromatic nitrogens is 2. The number of rotatable bonds is 1. The van der Waals surface area contributed by atoms with E-state index >= 15 is 0 Å². The van der Waals surface area contributed by atoms with Crippen LogP contribution in [-0.4, -0.2) is 17.0 Å². The average molecular weight is 175 g/mol. The zero-order valence-electron chi connectivity index (χ0n) is 8.39. The summed E-state index contributed by atoms with van der Waals surface area (Å²) in [6, 6.07) is 0. The number of anilines is 1. The number of hydrogen-bond donors (Lipinski definition) is 1. The molecule has 0 saturated heterocycles. The maximum absolute atomic E-state index is 4.25. The SMILES string of the molecule is CC#Cc1c(C)nc(NC)nc1C. The van der Waals surface area contributed by atoms with E-state index in [2.05, 4.69) is 27.1 Å².